The van der Waals surface area contributed by atoms with E-state index in [-0.39, 0.29) is 18.4 Å². The molecule has 1 unspecified atom stereocenters. The molecule has 0 radical (unpaired) electrons. The fourth-order valence-corrected chi connectivity index (χ4v) is 4.93. The molecule has 0 spiro atoms. The van der Waals surface area contributed by atoms with Crippen molar-refractivity contribution in [2.24, 2.45) is 4.99 Å². The molecule has 0 saturated carbocycles. The van der Waals surface area contributed by atoms with E-state index in [9.17, 15) is 9.59 Å². The van der Waals surface area contributed by atoms with Gasteiger partial charge >= 0.3 is 5.97 Å². The van der Waals surface area contributed by atoms with Crippen LogP contribution in [0.4, 0.5) is 0 Å². The second kappa shape index (κ2) is 10.8. The number of aromatic nitrogens is 1. The molecular formula is C26H28N4O4S. The van der Waals surface area contributed by atoms with Crippen LogP contribution in [-0.2, 0) is 20.9 Å². The maximum Gasteiger partial charge on any atom is 0.338 e. The maximum absolute atomic E-state index is 13.2. The lowest BCUT2D eigenvalue weighted by Crippen LogP contribution is -2.38. The number of hydrogen-bond acceptors (Lipinski definition) is 8. The Morgan fingerprint density at radius 3 is 2.77 bits per heavy atom. The van der Waals surface area contributed by atoms with Gasteiger partial charge in [0.2, 0.25) is 5.91 Å². The Kier molecular flexibility index (Phi) is 7.55. The summed E-state index contributed by atoms with van der Waals surface area (Å²) in [6.07, 6.45) is 3.28. The largest absolute Gasteiger partial charge is 0.497 e. The molecule has 9 heteroatoms. The van der Waals surface area contributed by atoms with Crippen LogP contribution in [0.3, 0.4) is 0 Å². The Bertz CT molecular complexity index is 1210. The van der Waals surface area contributed by atoms with Crippen molar-refractivity contribution < 1.29 is 19.1 Å². The predicted molar refractivity (Wildman–Crippen MR) is 135 cm³/mol. The molecule has 0 fully saturated rings. The number of aliphatic imine (C=N–C) groups is 1. The minimum atomic E-state index is -0.503. The normalized spacial score (nSPS) is 17.1. The van der Waals surface area contributed by atoms with Gasteiger partial charge in [0, 0.05) is 24.6 Å². The summed E-state index contributed by atoms with van der Waals surface area (Å²) in [6, 6.07) is 10.8. The van der Waals surface area contributed by atoms with Crippen LogP contribution in [0.1, 0.15) is 44.4 Å². The molecule has 0 saturated heterocycles. The highest BCUT2D eigenvalue weighted by molar-refractivity contribution is 8.16. The number of esters is 1. The smallest absolute Gasteiger partial charge is 0.338 e. The van der Waals surface area contributed by atoms with Gasteiger partial charge in [0.1, 0.15) is 5.75 Å². The van der Waals surface area contributed by atoms with Gasteiger partial charge in [-0.25, -0.2) is 9.79 Å². The number of methoxy groups -OCH3 is 1. The standard InChI is InChI=1S/C26H28N4O4S/c1-16(2)34-25(32)23-17(3)29-26-30(24(23)19-8-5-9-21(11-19)33-4)20(15-35-26)12-22(31)28-14-18-7-6-10-27-13-18/h5-11,13,15-16,24H,12,14H2,1-4H3,(H,28,31). The Hall–Kier alpha value is -3.59. The third kappa shape index (κ3) is 5.57. The molecule has 1 aromatic heterocycles. The molecule has 0 aliphatic carbocycles. The lowest BCUT2D eigenvalue weighted by Gasteiger charge is -2.36. The molecule has 0 bridgehead atoms. The van der Waals surface area contributed by atoms with Gasteiger partial charge < -0.3 is 19.7 Å². The third-order valence-electron chi connectivity index (χ3n) is 5.53. The minimum Gasteiger partial charge on any atom is -0.497 e. The molecule has 1 N–H and O–H groups in total. The van der Waals surface area contributed by atoms with Gasteiger partial charge in [-0.15, -0.1) is 0 Å². The molecule has 2 aromatic rings. The molecule has 1 atom stereocenters. The highest BCUT2D eigenvalue weighted by Gasteiger charge is 2.41. The van der Waals surface area contributed by atoms with E-state index in [0.29, 0.717) is 28.7 Å². The minimum absolute atomic E-state index is 0.135. The number of pyridine rings is 1. The summed E-state index contributed by atoms with van der Waals surface area (Å²) in [7, 11) is 1.60. The molecule has 2 aliphatic rings. The highest BCUT2D eigenvalue weighted by Crippen LogP contribution is 2.45. The van der Waals surface area contributed by atoms with E-state index in [0.717, 1.165) is 16.8 Å². The number of thioether (sulfide) groups is 1. The number of allylic oxidation sites excluding steroid dienone is 1. The molecule has 1 aromatic carbocycles. The molecule has 4 rings (SSSR count). The first-order valence-electron chi connectivity index (χ1n) is 11.3. The maximum atomic E-state index is 13.2. The van der Waals surface area contributed by atoms with Crippen LogP contribution in [0, 0.1) is 0 Å². The Balaban J connectivity index is 1.63. The number of amidine groups is 1. The van der Waals surface area contributed by atoms with Crippen LogP contribution >= 0.6 is 11.8 Å². The van der Waals surface area contributed by atoms with Crippen molar-refractivity contribution in [2.75, 3.05) is 7.11 Å². The summed E-state index contributed by atoms with van der Waals surface area (Å²) in [4.78, 5) is 36.8. The van der Waals surface area contributed by atoms with Gasteiger partial charge in [0.05, 0.1) is 36.9 Å². The van der Waals surface area contributed by atoms with E-state index in [1.54, 1.807) is 19.5 Å². The molecule has 8 nitrogen and oxygen atoms in total. The summed E-state index contributed by atoms with van der Waals surface area (Å²) in [5.74, 6) is 0.113. The zero-order chi connectivity index (χ0) is 24.9. The van der Waals surface area contributed by atoms with Crippen molar-refractivity contribution in [3.05, 3.63) is 82.3 Å². The predicted octanol–water partition coefficient (Wildman–Crippen LogP) is 4.32. The number of fused-ring (bicyclic) bond motifs is 1. The fraction of sp³-hybridized carbons (Fsp3) is 0.308. The third-order valence-corrected chi connectivity index (χ3v) is 6.42. The molecule has 182 valence electrons. The quantitative estimate of drug-likeness (QED) is 0.549. The number of benzene rings is 1. The summed E-state index contributed by atoms with van der Waals surface area (Å²) >= 11 is 1.44. The number of carbonyl (C=O) groups excluding carboxylic acids is 2. The van der Waals surface area contributed by atoms with Crippen LogP contribution in [0.15, 0.2) is 76.2 Å². The van der Waals surface area contributed by atoms with Gasteiger partial charge in [-0.3, -0.25) is 9.78 Å². The average molecular weight is 493 g/mol. The number of nitrogens with one attached hydrogen (secondary N) is 1. The molecular weight excluding hydrogens is 464 g/mol. The highest BCUT2D eigenvalue weighted by atomic mass is 32.2. The number of carbonyl (C=O) groups is 2. The van der Waals surface area contributed by atoms with Crippen molar-refractivity contribution in [2.45, 2.75) is 45.9 Å². The van der Waals surface area contributed by atoms with Gasteiger partial charge in [0.15, 0.2) is 5.17 Å². The zero-order valence-corrected chi connectivity index (χ0v) is 21.0. The van der Waals surface area contributed by atoms with Gasteiger partial charge in [0.25, 0.3) is 0 Å². The van der Waals surface area contributed by atoms with Crippen molar-refractivity contribution >= 4 is 28.8 Å². The molecule has 3 heterocycles. The van der Waals surface area contributed by atoms with E-state index in [1.165, 1.54) is 11.8 Å². The average Bonchev–Trinajstić information content (AvgIpc) is 3.23. The van der Waals surface area contributed by atoms with Crippen molar-refractivity contribution in [3.8, 4) is 5.75 Å². The number of hydrogen-bond donors (Lipinski definition) is 1. The summed E-state index contributed by atoms with van der Waals surface area (Å²) in [5.41, 5.74) is 3.56. The summed E-state index contributed by atoms with van der Waals surface area (Å²) < 4.78 is 11.0. The van der Waals surface area contributed by atoms with Crippen molar-refractivity contribution in [3.63, 3.8) is 0 Å². The number of nitrogens with zero attached hydrogens (tertiary/aromatic N) is 3. The number of ether oxygens (including phenoxy) is 2. The topological polar surface area (TPSA) is 93.1 Å². The van der Waals surface area contributed by atoms with E-state index in [2.05, 4.69) is 15.3 Å². The summed E-state index contributed by atoms with van der Waals surface area (Å²) in [5, 5.41) is 5.57. The fourth-order valence-electron chi connectivity index (χ4n) is 3.97. The Morgan fingerprint density at radius 2 is 2.06 bits per heavy atom. The first kappa shape index (κ1) is 24.5. The Morgan fingerprint density at radius 1 is 1.23 bits per heavy atom. The summed E-state index contributed by atoms with van der Waals surface area (Å²) in [6.45, 7) is 5.83. The van der Waals surface area contributed by atoms with Crippen LogP contribution < -0.4 is 10.1 Å². The monoisotopic (exact) mass is 492 g/mol. The van der Waals surface area contributed by atoms with E-state index in [4.69, 9.17) is 9.47 Å². The second-order valence-corrected chi connectivity index (χ2v) is 9.28. The lowest BCUT2D eigenvalue weighted by molar-refractivity contribution is -0.143. The van der Waals surface area contributed by atoms with E-state index >= 15 is 0 Å². The molecule has 35 heavy (non-hydrogen) atoms. The van der Waals surface area contributed by atoms with Crippen molar-refractivity contribution in [1.29, 1.82) is 0 Å². The Labute approximate surface area is 209 Å². The van der Waals surface area contributed by atoms with E-state index < -0.39 is 12.0 Å². The van der Waals surface area contributed by atoms with Crippen LogP contribution in [0.2, 0.25) is 0 Å². The van der Waals surface area contributed by atoms with Crippen LogP contribution in [-0.4, -0.2) is 40.1 Å². The second-order valence-electron chi connectivity index (χ2n) is 8.44. The van der Waals surface area contributed by atoms with Gasteiger partial charge in [-0.1, -0.05) is 30.0 Å². The SMILES string of the molecule is COc1cccc(C2C(C(=O)OC(C)C)=C(C)N=C3SC=C(CC(=O)NCc4cccnc4)N32)c1. The molecule has 1 amide bonds. The number of amides is 1. The van der Waals surface area contributed by atoms with Gasteiger partial charge in [-0.2, -0.15) is 0 Å². The van der Waals surface area contributed by atoms with Gasteiger partial charge in [-0.05, 0) is 55.5 Å². The van der Waals surface area contributed by atoms with E-state index in [1.807, 2.05) is 67.5 Å². The lowest BCUT2D eigenvalue weighted by atomic mass is 9.93. The van der Waals surface area contributed by atoms with Crippen LogP contribution in [0.5, 0.6) is 5.75 Å². The first-order chi connectivity index (χ1) is 16.9. The van der Waals surface area contributed by atoms with Crippen molar-refractivity contribution in [1.82, 2.24) is 15.2 Å². The van der Waals surface area contributed by atoms with Crippen LogP contribution in [0.25, 0.3) is 0 Å². The molecule has 2 aliphatic heterocycles. The number of rotatable bonds is 8. The zero-order valence-electron chi connectivity index (χ0n) is 20.1. The first-order valence-corrected chi connectivity index (χ1v) is 12.2.